The molecule has 1 fully saturated rings. The second kappa shape index (κ2) is 7.33. The molecule has 2 aliphatic rings. The number of hydrogen-bond donors (Lipinski definition) is 1. The maximum Gasteiger partial charge on any atom is 0.261 e. The minimum Gasteiger partial charge on any atom is -0.497 e. The summed E-state index contributed by atoms with van der Waals surface area (Å²) in [6, 6.07) is 11.7. The quantitative estimate of drug-likeness (QED) is 0.801. The summed E-state index contributed by atoms with van der Waals surface area (Å²) in [5.74, 6) is 0.837. The molecular formula is C20H22N2O4S2. The molecule has 0 aromatic heterocycles. The summed E-state index contributed by atoms with van der Waals surface area (Å²) >= 11 is 1.67. The van der Waals surface area contributed by atoms with Crippen LogP contribution >= 0.6 is 11.8 Å². The van der Waals surface area contributed by atoms with Crippen LogP contribution in [0.3, 0.4) is 0 Å². The summed E-state index contributed by atoms with van der Waals surface area (Å²) < 4.78 is 33.4. The van der Waals surface area contributed by atoms with E-state index in [9.17, 15) is 13.2 Å². The third-order valence-electron chi connectivity index (χ3n) is 4.83. The van der Waals surface area contributed by atoms with Crippen molar-refractivity contribution >= 4 is 39.1 Å². The van der Waals surface area contributed by atoms with Gasteiger partial charge in [-0.1, -0.05) is 6.92 Å². The van der Waals surface area contributed by atoms with Crippen molar-refractivity contribution in [2.24, 2.45) is 5.92 Å². The van der Waals surface area contributed by atoms with Gasteiger partial charge in [0.1, 0.15) is 5.75 Å². The number of thioether (sulfide) groups is 1. The number of ether oxygens (including phenoxy) is 1. The van der Waals surface area contributed by atoms with E-state index in [2.05, 4.69) is 11.6 Å². The van der Waals surface area contributed by atoms with Gasteiger partial charge in [0.2, 0.25) is 5.91 Å². The molecule has 0 spiro atoms. The van der Waals surface area contributed by atoms with E-state index < -0.39 is 10.0 Å². The molecule has 1 unspecified atom stereocenters. The van der Waals surface area contributed by atoms with E-state index in [4.69, 9.17) is 4.74 Å². The maximum atomic E-state index is 12.9. The van der Waals surface area contributed by atoms with Gasteiger partial charge in [-0.25, -0.2) is 8.42 Å². The molecule has 1 heterocycles. The third kappa shape index (κ3) is 3.84. The standard InChI is InChI=1S/C20H22N2O4S2/c1-13-12-22(20(23)14-3-4-14)18-11-17(9-10-19(18)27-13)28(24,25)21-15-5-7-16(26-2)8-6-15/h5-11,13-14,21H,3-4,12H2,1-2H3. The zero-order chi connectivity index (χ0) is 19.9. The van der Waals surface area contributed by atoms with Crippen LogP contribution in [0.15, 0.2) is 52.3 Å². The molecule has 1 atom stereocenters. The molecule has 2 aromatic rings. The Kier molecular flexibility index (Phi) is 5.01. The van der Waals surface area contributed by atoms with Crippen molar-refractivity contribution in [2.75, 3.05) is 23.3 Å². The number of anilines is 2. The van der Waals surface area contributed by atoms with E-state index in [0.717, 1.165) is 17.7 Å². The molecule has 28 heavy (non-hydrogen) atoms. The van der Waals surface area contributed by atoms with Crippen LogP contribution in [-0.2, 0) is 14.8 Å². The average Bonchev–Trinajstić information content (AvgIpc) is 3.52. The Morgan fingerprint density at radius 3 is 2.54 bits per heavy atom. The lowest BCUT2D eigenvalue weighted by atomic mass is 10.2. The van der Waals surface area contributed by atoms with E-state index in [1.54, 1.807) is 66.2 Å². The van der Waals surface area contributed by atoms with Crippen LogP contribution in [0.1, 0.15) is 19.8 Å². The Bertz CT molecular complexity index is 1000. The van der Waals surface area contributed by atoms with Crippen molar-refractivity contribution in [3.8, 4) is 5.75 Å². The number of rotatable bonds is 5. The number of benzene rings is 2. The largest absolute Gasteiger partial charge is 0.497 e. The molecule has 6 nitrogen and oxygen atoms in total. The summed E-state index contributed by atoms with van der Waals surface area (Å²) in [5.41, 5.74) is 1.14. The van der Waals surface area contributed by atoms with Gasteiger partial charge in [-0.15, -0.1) is 11.8 Å². The molecule has 1 amide bonds. The molecule has 4 rings (SSSR count). The maximum absolute atomic E-state index is 12.9. The van der Waals surface area contributed by atoms with Gasteiger partial charge < -0.3 is 9.64 Å². The van der Waals surface area contributed by atoms with Crippen molar-refractivity contribution in [3.05, 3.63) is 42.5 Å². The summed E-state index contributed by atoms with van der Waals surface area (Å²) in [7, 11) is -2.22. The van der Waals surface area contributed by atoms with Crippen molar-refractivity contribution in [3.63, 3.8) is 0 Å². The van der Waals surface area contributed by atoms with Gasteiger partial charge >= 0.3 is 0 Å². The van der Waals surface area contributed by atoms with E-state index >= 15 is 0 Å². The number of carbonyl (C=O) groups is 1. The number of hydrogen-bond acceptors (Lipinski definition) is 5. The fraction of sp³-hybridized carbons (Fsp3) is 0.350. The highest BCUT2D eigenvalue weighted by Crippen LogP contribution is 2.42. The Morgan fingerprint density at radius 1 is 1.18 bits per heavy atom. The van der Waals surface area contributed by atoms with E-state index in [-0.39, 0.29) is 22.0 Å². The predicted octanol–water partition coefficient (Wildman–Crippen LogP) is 3.73. The van der Waals surface area contributed by atoms with Gasteiger partial charge in [-0.3, -0.25) is 9.52 Å². The number of carbonyl (C=O) groups excluding carboxylic acids is 1. The van der Waals surface area contributed by atoms with Gasteiger partial charge in [-0.2, -0.15) is 0 Å². The molecule has 148 valence electrons. The molecule has 8 heteroatoms. The molecule has 2 aromatic carbocycles. The molecule has 1 aliphatic carbocycles. The lowest BCUT2D eigenvalue weighted by Gasteiger charge is -2.33. The van der Waals surface area contributed by atoms with Crippen LogP contribution in [0.5, 0.6) is 5.75 Å². The molecule has 0 saturated heterocycles. The van der Waals surface area contributed by atoms with Gasteiger partial charge in [0.25, 0.3) is 10.0 Å². The SMILES string of the molecule is COc1ccc(NS(=O)(=O)c2ccc3c(c2)N(C(=O)C2CC2)CC(C)S3)cc1. The van der Waals surface area contributed by atoms with Gasteiger partial charge in [0.15, 0.2) is 0 Å². The van der Waals surface area contributed by atoms with Crippen LogP contribution < -0.4 is 14.4 Å². The van der Waals surface area contributed by atoms with Crippen LogP contribution in [0.2, 0.25) is 0 Å². The highest BCUT2D eigenvalue weighted by molar-refractivity contribution is 8.00. The Labute approximate surface area is 169 Å². The first kappa shape index (κ1) is 19.1. The second-order valence-electron chi connectivity index (χ2n) is 7.12. The van der Waals surface area contributed by atoms with Crippen LogP contribution in [-0.4, -0.2) is 33.2 Å². The first-order valence-electron chi connectivity index (χ1n) is 9.16. The Morgan fingerprint density at radius 2 is 1.89 bits per heavy atom. The number of fused-ring (bicyclic) bond motifs is 1. The van der Waals surface area contributed by atoms with Gasteiger partial charge in [0.05, 0.1) is 17.7 Å². The van der Waals surface area contributed by atoms with Crippen molar-refractivity contribution in [1.29, 1.82) is 0 Å². The van der Waals surface area contributed by atoms with Gasteiger partial charge in [0, 0.05) is 28.3 Å². The molecular weight excluding hydrogens is 396 g/mol. The molecule has 0 bridgehead atoms. The molecule has 1 saturated carbocycles. The smallest absolute Gasteiger partial charge is 0.261 e. The minimum absolute atomic E-state index is 0.0841. The van der Waals surface area contributed by atoms with Crippen molar-refractivity contribution in [1.82, 2.24) is 0 Å². The number of amides is 1. The number of sulfonamides is 1. The van der Waals surface area contributed by atoms with Crippen LogP contribution in [0.4, 0.5) is 11.4 Å². The number of nitrogens with zero attached hydrogens (tertiary/aromatic N) is 1. The Balaban J connectivity index is 1.64. The summed E-state index contributed by atoms with van der Waals surface area (Å²) in [6.07, 6.45) is 1.84. The summed E-state index contributed by atoms with van der Waals surface area (Å²) in [6.45, 7) is 2.68. The monoisotopic (exact) mass is 418 g/mol. The third-order valence-corrected chi connectivity index (χ3v) is 7.36. The van der Waals surface area contributed by atoms with Crippen LogP contribution in [0.25, 0.3) is 0 Å². The number of methoxy groups -OCH3 is 1. The zero-order valence-corrected chi connectivity index (χ0v) is 17.3. The second-order valence-corrected chi connectivity index (χ2v) is 10.3. The van der Waals surface area contributed by atoms with Crippen molar-refractivity contribution in [2.45, 2.75) is 34.8 Å². The van der Waals surface area contributed by atoms with E-state index in [1.165, 1.54) is 0 Å². The topological polar surface area (TPSA) is 75.7 Å². The first-order valence-corrected chi connectivity index (χ1v) is 11.5. The minimum atomic E-state index is -3.77. The van der Waals surface area contributed by atoms with Gasteiger partial charge in [-0.05, 0) is 55.3 Å². The average molecular weight is 419 g/mol. The van der Waals surface area contributed by atoms with Crippen LogP contribution in [0, 0.1) is 5.92 Å². The lowest BCUT2D eigenvalue weighted by molar-refractivity contribution is -0.119. The van der Waals surface area contributed by atoms with Crippen molar-refractivity contribution < 1.29 is 17.9 Å². The highest BCUT2D eigenvalue weighted by atomic mass is 32.2. The lowest BCUT2D eigenvalue weighted by Crippen LogP contribution is -2.39. The first-order chi connectivity index (χ1) is 13.4. The molecule has 1 aliphatic heterocycles. The molecule has 1 N–H and O–H groups in total. The highest BCUT2D eigenvalue weighted by Gasteiger charge is 2.37. The summed E-state index contributed by atoms with van der Waals surface area (Å²) in [4.78, 5) is 15.6. The zero-order valence-electron chi connectivity index (χ0n) is 15.7. The summed E-state index contributed by atoms with van der Waals surface area (Å²) in [5, 5.41) is 0.273. The normalized spacial score (nSPS) is 19.1. The van der Waals surface area contributed by atoms with E-state index in [0.29, 0.717) is 23.7 Å². The Hall–Kier alpha value is -2.19. The fourth-order valence-electron chi connectivity index (χ4n) is 3.22. The van der Waals surface area contributed by atoms with E-state index in [1.807, 2.05) is 0 Å². The number of nitrogens with one attached hydrogen (secondary N) is 1. The molecule has 0 radical (unpaired) electrons. The predicted molar refractivity (Wildman–Crippen MR) is 111 cm³/mol. The fourth-order valence-corrected chi connectivity index (χ4v) is 5.39.